The molecule has 4 aromatic rings. The number of halogens is 1. The molecule has 0 fully saturated rings. The van der Waals surface area contributed by atoms with Gasteiger partial charge in [0.25, 0.3) is 0 Å². The van der Waals surface area contributed by atoms with Gasteiger partial charge in [0, 0.05) is 21.1 Å². The van der Waals surface area contributed by atoms with Crippen LogP contribution in [0.15, 0.2) is 58.6 Å². The Morgan fingerprint density at radius 1 is 1.00 bits per heavy atom. The SMILES string of the molecule is Cc1ccc(Nc2ncnc3scc(-c4ccc(Br)cc4)c23)c(C)c1. The molecule has 0 bridgehead atoms. The van der Waals surface area contributed by atoms with Crippen molar-refractivity contribution in [3.8, 4) is 11.1 Å². The van der Waals surface area contributed by atoms with Gasteiger partial charge in [-0.25, -0.2) is 9.97 Å². The van der Waals surface area contributed by atoms with Crippen LogP contribution < -0.4 is 5.32 Å². The van der Waals surface area contributed by atoms with Gasteiger partial charge in [0.1, 0.15) is 17.0 Å². The normalized spacial score (nSPS) is 11.0. The van der Waals surface area contributed by atoms with Gasteiger partial charge in [-0.05, 0) is 43.2 Å². The lowest BCUT2D eigenvalue weighted by atomic mass is 10.1. The van der Waals surface area contributed by atoms with Crippen molar-refractivity contribution in [2.24, 2.45) is 0 Å². The van der Waals surface area contributed by atoms with E-state index in [1.54, 1.807) is 17.7 Å². The maximum atomic E-state index is 4.52. The van der Waals surface area contributed by atoms with Crippen molar-refractivity contribution >= 4 is 49.0 Å². The largest absolute Gasteiger partial charge is 0.339 e. The molecule has 3 nitrogen and oxygen atoms in total. The number of nitrogens with zero attached hydrogens (tertiary/aromatic N) is 2. The van der Waals surface area contributed by atoms with Crippen LogP contribution in [0, 0.1) is 13.8 Å². The summed E-state index contributed by atoms with van der Waals surface area (Å²) in [6, 6.07) is 14.7. The van der Waals surface area contributed by atoms with Crippen molar-refractivity contribution in [1.82, 2.24) is 9.97 Å². The second kappa shape index (κ2) is 6.58. The zero-order valence-corrected chi connectivity index (χ0v) is 16.3. The topological polar surface area (TPSA) is 37.8 Å². The highest BCUT2D eigenvalue weighted by atomic mass is 79.9. The van der Waals surface area contributed by atoms with Crippen LogP contribution in [-0.2, 0) is 0 Å². The molecule has 124 valence electrons. The summed E-state index contributed by atoms with van der Waals surface area (Å²) in [5, 5.41) is 6.71. The van der Waals surface area contributed by atoms with Crippen molar-refractivity contribution in [1.29, 1.82) is 0 Å². The van der Waals surface area contributed by atoms with Crippen LogP contribution in [-0.4, -0.2) is 9.97 Å². The van der Waals surface area contributed by atoms with E-state index in [-0.39, 0.29) is 0 Å². The Labute approximate surface area is 158 Å². The average molecular weight is 410 g/mol. The van der Waals surface area contributed by atoms with E-state index in [0.29, 0.717) is 0 Å². The molecule has 0 radical (unpaired) electrons. The Bertz CT molecular complexity index is 1050. The van der Waals surface area contributed by atoms with Crippen LogP contribution in [0.4, 0.5) is 11.5 Å². The fourth-order valence-electron chi connectivity index (χ4n) is 2.89. The maximum Gasteiger partial charge on any atom is 0.143 e. The summed E-state index contributed by atoms with van der Waals surface area (Å²) in [7, 11) is 0. The second-order valence-electron chi connectivity index (χ2n) is 6.00. The Morgan fingerprint density at radius 3 is 2.56 bits per heavy atom. The highest BCUT2D eigenvalue weighted by molar-refractivity contribution is 9.10. The quantitative estimate of drug-likeness (QED) is 0.420. The van der Waals surface area contributed by atoms with Crippen LogP contribution >= 0.6 is 27.3 Å². The Morgan fingerprint density at radius 2 is 1.80 bits per heavy atom. The summed E-state index contributed by atoms with van der Waals surface area (Å²) in [5.74, 6) is 0.844. The first-order valence-corrected chi connectivity index (χ1v) is 9.61. The molecule has 2 heterocycles. The number of rotatable bonds is 3. The molecule has 0 aliphatic heterocycles. The molecule has 25 heavy (non-hydrogen) atoms. The number of fused-ring (bicyclic) bond motifs is 1. The van der Waals surface area contributed by atoms with E-state index >= 15 is 0 Å². The number of nitrogens with one attached hydrogen (secondary N) is 1. The first-order valence-electron chi connectivity index (χ1n) is 7.94. The maximum absolute atomic E-state index is 4.52. The minimum absolute atomic E-state index is 0.844. The van der Waals surface area contributed by atoms with E-state index in [0.717, 1.165) is 37.3 Å². The van der Waals surface area contributed by atoms with Gasteiger partial charge in [0.05, 0.1) is 5.39 Å². The van der Waals surface area contributed by atoms with Crippen LogP contribution in [0.3, 0.4) is 0 Å². The fraction of sp³-hybridized carbons (Fsp3) is 0.100. The predicted octanol–water partition coefficient (Wildman–Crippen LogP) is 6.48. The van der Waals surface area contributed by atoms with E-state index in [1.165, 1.54) is 11.1 Å². The highest BCUT2D eigenvalue weighted by Crippen LogP contribution is 2.38. The summed E-state index contributed by atoms with van der Waals surface area (Å²) in [5.41, 5.74) is 5.83. The van der Waals surface area contributed by atoms with Gasteiger partial charge < -0.3 is 5.32 Å². The summed E-state index contributed by atoms with van der Waals surface area (Å²) >= 11 is 5.14. The molecule has 5 heteroatoms. The van der Waals surface area contributed by atoms with Crippen molar-refractivity contribution in [3.05, 3.63) is 69.8 Å². The molecular formula is C20H16BrN3S. The molecule has 0 aliphatic carbocycles. The van der Waals surface area contributed by atoms with Crippen molar-refractivity contribution < 1.29 is 0 Å². The summed E-state index contributed by atoms with van der Waals surface area (Å²) in [4.78, 5) is 9.95. The Kier molecular flexibility index (Phi) is 4.27. The minimum Gasteiger partial charge on any atom is -0.339 e. The third-order valence-electron chi connectivity index (χ3n) is 4.16. The molecule has 0 amide bonds. The van der Waals surface area contributed by atoms with E-state index in [4.69, 9.17) is 0 Å². The smallest absolute Gasteiger partial charge is 0.143 e. The monoisotopic (exact) mass is 409 g/mol. The molecule has 0 spiro atoms. The molecule has 0 atom stereocenters. The van der Waals surface area contributed by atoms with Gasteiger partial charge in [0.2, 0.25) is 0 Å². The lowest BCUT2D eigenvalue weighted by molar-refractivity contribution is 1.22. The molecule has 4 rings (SSSR count). The van der Waals surface area contributed by atoms with E-state index in [1.807, 2.05) is 0 Å². The lowest BCUT2D eigenvalue weighted by Crippen LogP contribution is -1.97. The van der Waals surface area contributed by atoms with E-state index < -0.39 is 0 Å². The van der Waals surface area contributed by atoms with Gasteiger partial charge >= 0.3 is 0 Å². The van der Waals surface area contributed by atoms with Gasteiger partial charge in [-0.3, -0.25) is 0 Å². The highest BCUT2D eigenvalue weighted by Gasteiger charge is 2.14. The summed E-state index contributed by atoms with van der Waals surface area (Å²) in [6.07, 6.45) is 1.62. The van der Waals surface area contributed by atoms with Crippen LogP contribution in [0.2, 0.25) is 0 Å². The molecule has 0 saturated heterocycles. The van der Waals surface area contributed by atoms with E-state index in [2.05, 4.69) is 92.9 Å². The third-order valence-corrected chi connectivity index (χ3v) is 5.58. The zero-order valence-electron chi connectivity index (χ0n) is 13.9. The van der Waals surface area contributed by atoms with Crippen molar-refractivity contribution in [2.45, 2.75) is 13.8 Å². The molecule has 2 aromatic carbocycles. The first kappa shape index (κ1) is 16.2. The Hall–Kier alpha value is -2.24. The molecule has 1 N–H and O–H groups in total. The van der Waals surface area contributed by atoms with Gasteiger partial charge in [0.15, 0.2) is 0 Å². The van der Waals surface area contributed by atoms with Gasteiger partial charge in [-0.2, -0.15) is 0 Å². The van der Waals surface area contributed by atoms with E-state index in [9.17, 15) is 0 Å². The molecular weight excluding hydrogens is 394 g/mol. The molecule has 0 unspecified atom stereocenters. The standard InChI is InChI=1S/C20H16BrN3S/c1-12-3-8-17(13(2)9-12)24-19-18-16(10-25-20(18)23-11-22-19)14-4-6-15(21)7-5-14/h3-11H,1-2H3,(H,22,23,24). The fourth-order valence-corrected chi connectivity index (χ4v) is 4.07. The Balaban J connectivity index is 1.84. The van der Waals surface area contributed by atoms with Crippen LogP contribution in [0.25, 0.3) is 21.3 Å². The third kappa shape index (κ3) is 3.17. The number of aryl methyl sites for hydroxylation is 2. The number of thiophene rings is 1. The number of benzene rings is 2. The van der Waals surface area contributed by atoms with Crippen LogP contribution in [0.1, 0.15) is 11.1 Å². The molecule has 0 saturated carbocycles. The van der Waals surface area contributed by atoms with Gasteiger partial charge in [-0.1, -0.05) is 45.8 Å². The van der Waals surface area contributed by atoms with Crippen molar-refractivity contribution in [3.63, 3.8) is 0 Å². The predicted molar refractivity (Wildman–Crippen MR) is 110 cm³/mol. The lowest BCUT2D eigenvalue weighted by Gasteiger charge is -2.11. The summed E-state index contributed by atoms with van der Waals surface area (Å²) < 4.78 is 1.07. The zero-order chi connectivity index (χ0) is 17.4. The average Bonchev–Trinajstić information content (AvgIpc) is 3.03. The minimum atomic E-state index is 0.844. The number of aromatic nitrogens is 2. The first-order chi connectivity index (χ1) is 12.1. The number of anilines is 2. The molecule has 0 aliphatic rings. The van der Waals surface area contributed by atoms with Crippen LogP contribution in [0.5, 0.6) is 0 Å². The summed E-state index contributed by atoms with van der Waals surface area (Å²) in [6.45, 7) is 4.21. The number of hydrogen-bond donors (Lipinski definition) is 1. The number of hydrogen-bond acceptors (Lipinski definition) is 4. The van der Waals surface area contributed by atoms with Gasteiger partial charge in [-0.15, -0.1) is 11.3 Å². The van der Waals surface area contributed by atoms with Crippen molar-refractivity contribution in [2.75, 3.05) is 5.32 Å². The second-order valence-corrected chi connectivity index (χ2v) is 7.78. The molecule has 2 aromatic heterocycles.